The maximum atomic E-state index is 11.3. The van der Waals surface area contributed by atoms with Crippen LogP contribution in [0.4, 0.5) is 0 Å². The lowest BCUT2D eigenvalue weighted by Gasteiger charge is -2.19. The van der Waals surface area contributed by atoms with Gasteiger partial charge in [-0.3, -0.25) is 14.3 Å². The molecule has 1 heterocycles. The predicted octanol–water partition coefficient (Wildman–Crippen LogP) is 0.973. The summed E-state index contributed by atoms with van der Waals surface area (Å²) in [7, 11) is 0. The molecule has 0 aliphatic heterocycles. The van der Waals surface area contributed by atoms with E-state index in [1.807, 2.05) is 13.8 Å². The standard InChI is InChI=1S/C12H19N3O3/c1-4-8(2)15-6-5-9(14-15)7-12(3,10(13)16)11(17)18/h5-6,8H,4,7H2,1-3H3,(H2,13,16)(H,17,18). The van der Waals surface area contributed by atoms with E-state index in [9.17, 15) is 9.59 Å². The van der Waals surface area contributed by atoms with E-state index in [1.165, 1.54) is 6.92 Å². The molecule has 6 nitrogen and oxygen atoms in total. The maximum absolute atomic E-state index is 11.3. The molecule has 1 aromatic rings. The minimum absolute atomic E-state index is 0.00109. The monoisotopic (exact) mass is 253 g/mol. The molecule has 6 heteroatoms. The zero-order valence-corrected chi connectivity index (χ0v) is 10.9. The van der Waals surface area contributed by atoms with Crippen molar-refractivity contribution in [3.63, 3.8) is 0 Å². The lowest BCUT2D eigenvalue weighted by molar-refractivity contribution is -0.153. The normalized spacial score (nSPS) is 15.9. The van der Waals surface area contributed by atoms with Gasteiger partial charge in [0.25, 0.3) is 0 Å². The molecular weight excluding hydrogens is 234 g/mol. The molecule has 0 saturated heterocycles. The Hall–Kier alpha value is -1.85. The largest absolute Gasteiger partial charge is 0.480 e. The van der Waals surface area contributed by atoms with E-state index in [-0.39, 0.29) is 12.5 Å². The third kappa shape index (κ3) is 2.69. The number of rotatable bonds is 6. The van der Waals surface area contributed by atoms with Crippen LogP contribution in [-0.2, 0) is 16.0 Å². The van der Waals surface area contributed by atoms with Crippen LogP contribution in [0.2, 0.25) is 0 Å². The Bertz CT molecular complexity index is 439. The molecule has 18 heavy (non-hydrogen) atoms. The van der Waals surface area contributed by atoms with Crippen LogP contribution in [0.3, 0.4) is 0 Å². The average Bonchev–Trinajstić information content (AvgIpc) is 2.75. The number of aliphatic carboxylic acids is 1. The maximum Gasteiger partial charge on any atom is 0.319 e. The first kappa shape index (κ1) is 14.2. The number of hydrogen-bond acceptors (Lipinski definition) is 3. The molecule has 0 radical (unpaired) electrons. The number of carbonyl (C=O) groups excluding carboxylic acids is 1. The number of amides is 1. The van der Waals surface area contributed by atoms with Crippen LogP contribution in [0.1, 0.15) is 38.9 Å². The third-order valence-electron chi connectivity index (χ3n) is 3.26. The summed E-state index contributed by atoms with van der Waals surface area (Å²) in [6, 6.07) is 1.96. The van der Waals surface area contributed by atoms with E-state index in [4.69, 9.17) is 10.8 Å². The fraction of sp³-hybridized carbons (Fsp3) is 0.583. The van der Waals surface area contributed by atoms with Gasteiger partial charge in [0, 0.05) is 18.7 Å². The minimum Gasteiger partial charge on any atom is -0.480 e. The number of carboxylic acids is 1. The van der Waals surface area contributed by atoms with Crippen LogP contribution >= 0.6 is 0 Å². The van der Waals surface area contributed by atoms with Gasteiger partial charge in [-0.25, -0.2) is 0 Å². The lowest BCUT2D eigenvalue weighted by atomic mass is 9.85. The molecule has 3 N–H and O–H groups in total. The summed E-state index contributed by atoms with van der Waals surface area (Å²) in [4.78, 5) is 22.4. The molecule has 0 bridgehead atoms. The first-order valence-electron chi connectivity index (χ1n) is 5.88. The van der Waals surface area contributed by atoms with Crippen LogP contribution in [0.15, 0.2) is 12.3 Å². The highest BCUT2D eigenvalue weighted by Gasteiger charge is 2.40. The van der Waals surface area contributed by atoms with Crippen LogP contribution in [-0.4, -0.2) is 26.8 Å². The Balaban J connectivity index is 2.93. The second-order valence-corrected chi connectivity index (χ2v) is 4.72. The van der Waals surface area contributed by atoms with Crippen molar-refractivity contribution in [2.75, 3.05) is 0 Å². The van der Waals surface area contributed by atoms with Crippen molar-refractivity contribution in [3.8, 4) is 0 Å². The van der Waals surface area contributed by atoms with Gasteiger partial charge < -0.3 is 10.8 Å². The first-order valence-corrected chi connectivity index (χ1v) is 5.88. The van der Waals surface area contributed by atoms with Crippen molar-refractivity contribution in [3.05, 3.63) is 18.0 Å². The van der Waals surface area contributed by atoms with E-state index in [0.717, 1.165) is 6.42 Å². The molecule has 100 valence electrons. The van der Waals surface area contributed by atoms with Gasteiger partial charge in [0.1, 0.15) is 5.41 Å². The quantitative estimate of drug-likeness (QED) is 0.738. The zero-order chi connectivity index (χ0) is 13.9. The van der Waals surface area contributed by atoms with Crippen LogP contribution in [0.25, 0.3) is 0 Å². The Kier molecular flexibility index (Phi) is 4.11. The van der Waals surface area contributed by atoms with Crippen molar-refractivity contribution in [2.24, 2.45) is 11.1 Å². The van der Waals surface area contributed by atoms with Gasteiger partial charge in [-0.2, -0.15) is 5.10 Å². The number of nitrogens with zero attached hydrogens (tertiary/aromatic N) is 2. The number of primary amides is 1. The average molecular weight is 253 g/mol. The van der Waals surface area contributed by atoms with Crippen LogP contribution < -0.4 is 5.73 Å². The summed E-state index contributed by atoms with van der Waals surface area (Å²) in [5.74, 6) is -2.08. The minimum atomic E-state index is -1.62. The number of carbonyl (C=O) groups is 2. The number of nitrogens with two attached hydrogens (primary N) is 1. The van der Waals surface area contributed by atoms with Gasteiger partial charge >= 0.3 is 5.97 Å². The van der Waals surface area contributed by atoms with Crippen molar-refractivity contribution in [1.82, 2.24) is 9.78 Å². The number of aromatic nitrogens is 2. The molecule has 2 atom stereocenters. The van der Waals surface area contributed by atoms with Crippen molar-refractivity contribution in [2.45, 2.75) is 39.7 Å². The summed E-state index contributed by atoms with van der Waals surface area (Å²) in [5.41, 5.74) is 4.10. The first-order chi connectivity index (χ1) is 8.31. The summed E-state index contributed by atoms with van der Waals surface area (Å²) >= 11 is 0. The fourth-order valence-electron chi connectivity index (χ4n) is 1.53. The SMILES string of the molecule is CCC(C)n1ccc(CC(C)(C(N)=O)C(=O)O)n1. The molecule has 0 spiro atoms. The molecule has 0 saturated carbocycles. The van der Waals surface area contributed by atoms with Crippen molar-refractivity contribution < 1.29 is 14.7 Å². The number of carboxylic acid groups (broad SMARTS) is 1. The van der Waals surface area contributed by atoms with Crippen LogP contribution in [0.5, 0.6) is 0 Å². The Morgan fingerprint density at radius 1 is 1.61 bits per heavy atom. The topological polar surface area (TPSA) is 98.2 Å². The van der Waals surface area contributed by atoms with E-state index >= 15 is 0 Å². The fourth-order valence-corrected chi connectivity index (χ4v) is 1.53. The van der Waals surface area contributed by atoms with Gasteiger partial charge in [-0.1, -0.05) is 6.92 Å². The molecule has 1 aromatic heterocycles. The Morgan fingerprint density at radius 2 is 2.22 bits per heavy atom. The molecular formula is C12H19N3O3. The Labute approximate surface area is 106 Å². The van der Waals surface area contributed by atoms with Gasteiger partial charge in [0.15, 0.2) is 0 Å². The van der Waals surface area contributed by atoms with E-state index in [0.29, 0.717) is 5.69 Å². The molecule has 0 aliphatic carbocycles. The molecule has 0 fully saturated rings. The second-order valence-electron chi connectivity index (χ2n) is 4.72. The highest BCUT2D eigenvalue weighted by Crippen LogP contribution is 2.22. The van der Waals surface area contributed by atoms with Crippen molar-refractivity contribution >= 4 is 11.9 Å². The molecule has 0 aromatic carbocycles. The lowest BCUT2D eigenvalue weighted by Crippen LogP contribution is -2.43. The van der Waals surface area contributed by atoms with Crippen LogP contribution in [0, 0.1) is 5.41 Å². The summed E-state index contributed by atoms with van der Waals surface area (Å²) in [6.45, 7) is 5.37. The van der Waals surface area contributed by atoms with Gasteiger partial charge in [-0.15, -0.1) is 0 Å². The molecule has 1 amide bonds. The van der Waals surface area contributed by atoms with Gasteiger partial charge in [-0.05, 0) is 26.3 Å². The highest BCUT2D eigenvalue weighted by molar-refractivity contribution is 6.00. The van der Waals surface area contributed by atoms with E-state index < -0.39 is 17.3 Å². The van der Waals surface area contributed by atoms with Crippen molar-refractivity contribution in [1.29, 1.82) is 0 Å². The van der Waals surface area contributed by atoms with E-state index in [1.54, 1.807) is 16.9 Å². The highest BCUT2D eigenvalue weighted by atomic mass is 16.4. The number of hydrogen-bond donors (Lipinski definition) is 2. The Morgan fingerprint density at radius 3 is 2.67 bits per heavy atom. The van der Waals surface area contributed by atoms with Gasteiger partial charge in [0.05, 0.1) is 5.69 Å². The zero-order valence-electron chi connectivity index (χ0n) is 10.9. The smallest absolute Gasteiger partial charge is 0.319 e. The summed E-state index contributed by atoms with van der Waals surface area (Å²) in [6.07, 6.45) is 2.71. The molecule has 2 unspecified atom stereocenters. The van der Waals surface area contributed by atoms with Gasteiger partial charge in [0.2, 0.25) is 5.91 Å². The third-order valence-corrected chi connectivity index (χ3v) is 3.26. The summed E-state index contributed by atoms with van der Waals surface area (Å²) < 4.78 is 1.76. The predicted molar refractivity (Wildman–Crippen MR) is 65.9 cm³/mol. The molecule has 1 rings (SSSR count). The summed E-state index contributed by atoms with van der Waals surface area (Å²) in [5, 5.41) is 13.4. The molecule has 0 aliphatic rings. The second kappa shape index (κ2) is 5.20. The van der Waals surface area contributed by atoms with E-state index in [2.05, 4.69) is 5.10 Å².